The zero-order valence-corrected chi connectivity index (χ0v) is 14.1. The minimum Gasteiger partial charge on any atom is -0.395 e. The van der Waals surface area contributed by atoms with Gasteiger partial charge >= 0.3 is 0 Å². The Morgan fingerprint density at radius 3 is 2.05 bits per heavy atom. The van der Waals surface area contributed by atoms with E-state index in [2.05, 4.69) is 25.7 Å². The molecule has 2 unspecified atom stereocenters. The van der Waals surface area contributed by atoms with Crippen LogP contribution in [0.3, 0.4) is 0 Å². The number of aliphatic hydroxyl groups is 1. The molecular weight excluding hydrogens is 276 g/mol. The Bertz CT molecular complexity index is 372. The highest BCUT2D eigenvalue weighted by atomic mass is 32.2. The molecule has 6 heteroatoms. The predicted octanol–water partition coefficient (Wildman–Crippen LogP) is 1.14. The van der Waals surface area contributed by atoms with Gasteiger partial charge < -0.3 is 5.11 Å². The highest BCUT2D eigenvalue weighted by Gasteiger charge is 2.33. The van der Waals surface area contributed by atoms with Crippen molar-refractivity contribution in [2.24, 2.45) is 5.92 Å². The topological polar surface area (TPSA) is 60.9 Å². The first-order valence-electron chi connectivity index (χ1n) is 7.66. The van der Waals surface area contributed by atoms with Crippen LogP contribution in [0.25, 0.3) is 0 Å². The monoisotopic (exact) mass is 306 g/mol. The van der Waals surface area contributed by atoms with Crippen LogP contribution in [0.2, 0.25) is 0 Å². The van der Waals surface area contributed by atoms with Crippen LogP contribution in [0.15, 0.2) is 0 Å². The van der Waals surface area contributed by atoms with Gasteiger partial charge in [-0.3, -0.25) is 4.90 Å². The summed E-state index contributed by atoms with van der Waals surface area (Å²) in [5.41, 5.74) is 0. The van der Waals surface area contributed by atoms with Crippen molar-refractivity contribution in [3.8, 4) is 0 Å². The van der Waals surface area contributed by atoms with Gasteiger partial charge in [0.05, 0.1) is 11.9 Å². The SMILES string of the molecule is CCC(CO)N1CCN(S(=O)(=O)C(C)CC(C)C)CC1. The van der Waals surface area contributed by atoms with Crippen molar-refractivity contribution in [3.05, 3.63) is 0 Å². The number of sulfonamides is 1. The molecule has 1 saturated heterocycles. The van der Waals surface area contributed by atoms with Crippen LogP contribution in [0.5, 0.6) is 0 Å². The Morgan fingerprint density at radius 2 is 1.65 bits per heavy atom. The molecule has 0 saturated carbocycles. The summed E-state index contributed by atoms with van der Waals surface area (Å²) >= 11 is 0. The van der Waals surface area contributed by atoms with Crippen LogP contribution >= 0.6 is 0 Å². The molecule has 1 aliphatic rings. The Balaban J connectivity index is 2.60. The summed E-state index contributed by atoms with van der Waals surface area (Å²) in [5, 5.41) is 9.01. The van der Waals surface area contributed by atoms with Gasteiger partial charge in [-0.2, -0.15) is 4.31 Å². The Labute approximate surface area is 124 Å². The first-order chi connectivity index (χ1) is 9.32. The summed E-state index contributed by atoms with van der Waals surface area (Å²) in [6, 6.07) is 0.160. The van der Waals surface area contributed by atoms with Gasteiger partial charge in [-0.05, 0) is 25.7 Å². The highest BCUT2D eigenvalue weighted by Crippen LogP contribution is 2.19. The maximum atomic E-state index is 12.5. The number of aliphatic hydroxyl groups excluding tert-OH is 1. The third-order valence-electron chi connectivity index (χ3n) is 4.14. The van der Waals surface area contributed by atoms with E-state index in [9.17, 15) is 13.5 Å². The summed E-state index contributed by atoms with van der Waals surface area (Å²) in [7, 11) is -3.18. The number of nitrogens with zero attached hydrogens (tertiary/aromatic N) is 2. The standard InChI is InChI=1S/C14H30N2O3S/c1-5-14(11-17)15-6-8-16(9-7-15)20(18,19)13(4)10-12(2)3/h12-14,17H,5-11H2,1-4H3. The van der Waals surface area contributed by atoms with Crippen LogP contribution in [0.4, 0.5) is 0 Å². The summed E-state index contributed by atoms with van der Waals surface area (Å²) < 4.78 is 26.6. The summed E-state index contributed by atoms with van der Waals surface area (Å²) in [6.45, 7) is 10.6. The summed E-state index contributed by atoms with van der Waals surface area (Å²) in [4.78, 5) is 2.19. The normalized spacial score (nSPS) is 22.1. The number of piperazine rings is 1. The van der Waals surface area contributed by atoms with Crippen LogP contribution < -0.4 is 0 Å². The van der Waals surface area contributed by atoms with E-state index >= 15 is 0 Å². The fourth-order valence-electron chi connectivity index (χ4n) is 2.87. The van der Waals surface area contributed by atoms with E-state index in [1.807, 2.05) is 6.92 Å². The van der Waals surface area contributed by atoms with Crippen molar-refractivity contribution in [2.75, 3.05) is 32.8 Å². The second-order valence-corrected chi connectivity index (χ2v) is 8.52. The van der Waals surface area contributed by atoms with Gasteiger partial charge in [-0.25, -0.2) is 8.42 Å². The van der Waals surface area contributed by atoms with Crippen molar-refractivity contribution in [1.82, 2.24) is 9.21 Å². The third kappa shape index (κ3) is 4.41. The molecule has 0 aliphatic carbocycles. The fourth-order valence-corrected chi connectivity index (χ4v) is 4.68. The molecule has 1 N–H and O–H groups in total. The Hall–Kier alpha value is -0.170. The van der Waals surface area contributed by atoms with Crippen LogP contribution in [-0.4, -0.2) is 66.8 Å². The van der Waals surface area contributed by atoms with Gasteiger partial charge in [0.15, 0.2) is 0 Å². The maximum absolute atomic E-state index is 12.5. The lowest BCUT2D eigenvalue weighted by Crippen LogP contribution is -2.54. The van der Waals surface area contributed by atoms with E-state index in [0.717, 1.165) is 6.42 Å². The van der Waals surface area contributed by atoms with E-state index < -0.39 is 10.0 Å². The molecule has 0 bridgehead atoms. The first kappa shape index (κ1) is 17.9. The third-order valence-corrected chi connectivity index (χ3v) is 6.44. The molecule has 0 spiro atoms. The molecule has 1 aliphatic heterocycles. The van der Waals surface area contributed by atoms with Gasteiger partial charge in [-0.15, -0.1) is 0 Å². The average molecular weight is 306 g/mol. The molecule has 20 heavy (non-hydrogen) atoms. The molecule has 5 nitrogen and oxygen atoms in total. The largest absolute Gasteiger partial charge is 0.395 e. The van der Waals surface area contributed by atoms with Gasteiger partial charge in [-0.1, -0.05) is 20.8 Å². The van der Waals surface area contributed by atoms with E-state index in [-0.39, 0.29) is 17.9 Å². The van der Waals surface area contributed by atoms with Crippen molar-refractivity contribution in [1.29, 1.82) is 0 Å². The second kappa shape index (κ2) is 7.73. The fraction of sp³-hybridized carbons (Fsp3) is 1.00. The lowest BCUT2D eigenvalue weighted by molar-refractivity contribution is 0.0878. The van der Waals surface area contributed by atoms with Crippen molar-refractivity contribution in [3.63, 3.8) is 0 Å². The highest BCUT2D eigenvalue weighted by molar-refractivity contribution is 7.89. The summed E-state index contributed by atoms with van der Waals surface area (Å²) in [5.74, 6) is 0.389. The molecule has 1 heterocycles. The minimum atomic E-state index is -3.18. The molecule has 0 aromatic heterocycles. The van der Waals surface area contributed by atoms with E-state index in [1.165, 1.54) is 0 Å². The van der Waals surface area contributed by atoms with Crippen molar-refractivity contribution in [2.45, 2.75) is 51.8 Å². The molecule has 1 fully saturated rings. The van der Waals surface area contributed by atoms with Gasteiger partial charge in [0.1, 0.15) is 0 Å². The van der Waals surface area contributed by atoms with Crippen LogP contribution in [0, 0.1) is 5.92 Å². The molecule has 0 aromatic rings. The molecule has 0 radical (unpaired) electrons. The summed E-state index contributed by atoms with van der Waals surface area (Å²) in [6.07, 6.45) is 1.60. The number of hydrogen-bond acceptors (Lipinski definition) is 4. The molecule has 1 rings (SSSR count). The van der Waals surface area contributed by atoms with Crippen LogP contribution in [-0.2, 0) is 10.0 Å². The lowest BCUT2D eigenvalue weighted by atomic mass is 10.1. The zero-order chi connectivity index (χ0) is 15.3. The van der Waals surface area contributed by atoms with Crippen molar-refractivity contribution >= 4 is 10.0 Å². The minimum absolute atomic E-state index is 0.146. The van der Waals surface area contributed by atoms with Crippen LogP contribution in [0.1, 0.15) is 40.5 Å². The molecular formula is C14H30N2O3S. The predicted molar refractivity (Wildman–Crippen MR) is 82.1 cm³/mol. The lowest BCUT2D eigenvalue weighted by Gasteiger charge is -2.38. The van der Waals surface area contributed by atoms with E-state index in [1.54, 1.807) is 4.31 Å². The van der Waals surface area contributed by atoms with Crippen molar-refractivity contribution < 1.29 is 13.5 Å². The van der Waals surface area contributed by atoms with E-state index in [0.29, 0.717) is 38.5 Å². The van der Waals surface area contributed by atoms with Gasteiger partial charge in [0, 0.05) is 32.2 Å². The molecule has 120 valence electrons. The number of rotatable bonds is 7. The molecule has 2 atom stereocenters. The average Bonchev–Trinajstić information content (AvgIpc) is 2.40. The smallest absolute Gasteiger partial charge is 0.216 e. The molecule has 0 amide bonds. The second-order valence-electron chi connectivity index (χ2n) is 6.16. The molecule has 0 aromatic carbocycles. The Morgan fingerprint density at radius 1 is 1.10 bits per heavy atom. The maximum Gasteiger partial charge on any atom is 0.216 e. The first-order valence-corrected chi connectivity index (χ1v) is 9.17. The number of hydrogen-bond donors (Lipinski definition) is 1. The quantitative estimate of drug-likeness (QED) is 0.766. The van der Waals surface area contributed by atoms with Gasteiger partial charge in [0.25, 0.3) is 0 Å². The van der Waals surface area contributed by atoms with Gasteiger partial charge in [0.2, 0.25) is 10.0 Å². The zero-order valence-electron chi connectivity index (χ0n) is 13.2. The Kier molecular flexibility index (Phi) is 6.91. The van der Waals surface area contributed by atoms with E-state index in [4.69, 9.17) is 0 Å².